The van der Waals surface area contributed by atoms with E-state index in [2.05, 4.69) is 11.0 Å². The van der Waals surface area contributed by atoms with Crippen LogP contribution in [0.1, 0.15) is 0 Å². The lowest BCUT2D eigenvalue weighted by Crippen LogP contribution is -2.28. The molecule has 1 heterocycles. The number of likely N-dealkylation sites (N-methyl/N-ethyl adjacent to an activating group) is 1. The zero-order chi connectivity index (χ0) is 6.85. The van der Waals surface area contributed by atoms with Crippen LogP contribution in [0.2, 0.25) is 0 Å². The van der Waals surface area contributed by atoms with Crippen molar-refractivity contribution in [2.24, 2.45) is 11.7 Å². The van der Waals surface area contributed by atoms with Crippen LogP contribution >= 0.6 is 0 Å². The van der Waals surface area contributed by atoms with Gasteiger partial charge in [-0.1, -0.05) is 0 Å². The molecule has 2 atom stereocenters. The third-order valence-corrected chi connectivity index (χ3v) is 1.71. The van der Waals surface area contributed by atoms with E-state index < -0.39 is 0 Å². The Hall–Kier alpha value is -0.590. The maximum Gasteiger partial charge on any atom is 0.0753 e. The van der Waals surface area contributed by atoms with Gasteiger partial charge in [-0.25, -0.2) is 0 Å². The summed E-state index contributed by atoms with van der Waals surface area (Å²) >= 11 is 0. The first-order valence-electron chi connectivity index (χ1n) is 3.08. The average Bonchev–Trinajstić information content (AvgIpc) is 2.10. The van der Waals surface area contributed by atoms with Gasteiger partial charge in [0.2, 0.25) is 0 Å². The molecule has 0 aliphatic carbocycles. The molecule has 0 amide bonds. The Morgan fingerprint density at radius 2 is 2.33 bits per heavy atom. The summed E-state index contributed by atoms with van der Waals surface area (Å²) in [6.07, 6.45) is 0. The number of nitrogens with two attached hydrogens (primary N) is 1. The van der Waals surface area contributed by atoms with Crippen LogP contribution in [0.3, 0.4) is 0 Å². The quantitative estimate of drug-likeness (QED) is 0.470. The van der Waals surface area contributed by atoms with Gasteiger partial charge in [0, 0.05) is 19.1 Å². The number of nitrogens with zero attached hydrogens (tertiary/aromatic N) is 2. The lowest BCUT2D eigenvalue weighted by Gasteiger charge is -2.02. The summed E-state index contributed by atoms with van der Waals surface area (Å²) in [5.41, 5.74) is 5.62. The number of likely N-dealkylation sites (tertiary alicyclic amines) is 1. The van der Waals surface area contributed by atoms with E-state index in [-0.39, 0.29) is 12.0 Å². The van der Waals surface area contributed by atoms with Crippen molar-refractivity contribution >= 4 is 0 Å². The molecule has 1 rings (SSSR count). The van der Waals surface area contributed by atoms with Gasteiger partial charge in [0.1, 0.15) is 0 Å². The summed E-state index contributed by atoms with van der Waals surface area (Å²) in [4.78, 5) is 2.08. The molecule has 0 aromatic carbocycles. The predicted octanol–water partition coefficient (Wildman–Crippen LogP) is -0.601. The van der Waals surface area contributed by atoms with Crippen molar-refractivity contribution < 1.29 is 0 Å². The van der Waals surface area contributed by atoms with Crippen molar-refractivity contribution in [1.29, 1.82) is 5.26 Å². The Morgan fingerprint density at radius 1 is 1.67 bits per heavy atom. The molecule has 1 saturated heterocycles. The van der Waals surface area contributed by atoms with E-state index in [1.165, 1.54) is 0 Å². The van der Waals surface area contributed by atoms with E-state index in [9.17, 15) is 0 Å². The lowest BCUT2D eigenvalue weighted by molar-refractivity contribution is 0.406. The minimum atomic E-state index is 0.0509. The van der Waals surface area contributed by atoms with Crippen molar-refractivity contribution in [2.75, 3.05) is 20.1 Å². The lowest BCUT2D eigenvalue weighted by atomic mass is 10.1. The third kappa shape index (κ3) is 1.21. The highest BCUT2D eigenvalue weighted by atomic mass is 15.1. The molecular weight excluding hydrogens is 114 g/mol. The second-order valence-corrected chi connectivity index (χ2v) is 2.62. The molecule has 0 unspecified atom stereocenters. The Kier molecular flexibility index (Phi) is 1.70. The van der Waals surface area contributed by atoms with Crippen LogP contribution in [0.4, 0.5) is 0 Å². The maximum absolute atomic E-state index is 8.50. The Balaban J connectivity index is 2.50. The summed E-state index contributed by atoms with van der Waals surface area (Å²) in [5.74, 6) is 0.0509. The maximum atomic E-state index is 8.50. The fraction of sp³-hybridized carbons (Fsp3) is 0.833. The van der Waals surface area contributed by atoms with Crippen LogP contribution in [-0.2, 0) is 0 Å². The largest absolute Gasteiger partial charge is 0.325 e. The predicted molar refractivity (Wildman–Crippen MR) is 34.6 cm³/mol. The summed E-state index contributed by atoms with van der Waals surface area (Å²) in [7, 11) is 1.98. The SMILES string of the molecule is CN1C[C@@H](N)[C@H](C#N)C1. The molecule has 1 fully saturated rings. The molecule has 1 aliphatic rings. The fourth-order valence-corrected chi connectivity index (χ4v) is 1.17. The van der Waals surface area contributed by atoms with Crippen molar-refractivity contribution in [2.45, 2.75) is 6.04 Å². The number of nitriles is 1. The van der Waals surface area contributed by atoms with Crippen LogP contribution in [-0.4, -0.2) is 31.1 Å². The highest BCUT2D eigenvalue weighted by molar-refractivity contribution is 4.97. The Bertz CT molecular complexity index is 138. The number of rotatable bonds is 0. The summed E-state index contributed by atoms with van der Waals surface area (Å²) in [6.45, 7) is 1.69. The molecule has 0 aromatic heterocycles. The standard InChI is InChI=1S/C6H11N3/c1-9-3-5(2-7)6(8)4-9/h5-6H,3-4,8H2,1H3/t5-,6-/m1/s1. The smallest absolute Gasteiger partial charge is 0.0753 e. The van der Waals surface area contributed by atoms with Crippen LogP contribution in [0.25, 0.3) is 0 Å². The number of hydrogen-bond acceptors (Lipinski definition) is 3. The second kappa shape index (κ2) is 2.34. The van der Waals surface area contributed by atoms with Gasteiger partial charge in [-0.2, -0.15) is 5.26 Å². The number of hydrogen-bond donors (Lipinski definition) is 1. The summed E-state index contributed by atoms with van der Waals surface area (Å²) < 4.78 is 0. The average molecular weight is 125 g/mol. The first-order chi connectivity index (χ1) is 4.24. The molecule has 0 saturated carbocycles. The van der Waals surface area contributed by atoms with Gasteiger partial charge in [-0.3, -0.25) is 0 Å². The molecule has 0 spiro atoms. The topological polar surface area (TPSA) is 53.0 Å². The van der Waals surface area contributed by atoms with Gasteiger partial charge in [0.05, 0.1) is 12.0 Å². The van der Waals surface area contributed by atoms with Gasteiger partial charge in [-0.15, -0.1) is 0 Å². The normalized spacial score (nSPS) is 36.6. The van der Waals surface area contributed by atoms with Crippen molar-refractivity contribution in [1.82, 2.24) is 4.90 Å². The minimum Gasteiger partial charge on any atom is -0.325 e. The Morgan fingerprint density at radius 3 is 2.56 bits per heavy atom. The zero-order valence-electron chi connectivity index (χ0n) is 5.54. The zero-order valence-corrected chi connectivity index (χ0v) is 5.54. The van der Waals surface area contributed by atoms with Crippen LogP contribution in [0.5, 0.6) is 0 Å². The summed E-state index contributed by atoms with van der Waals surface area (Å²) in [6, 6.07) is 2.25. The van der Waals surface area contributed by atoms with Crippen molar-refractivity contribution in [3.05, 3.63) is 0 Å². The fourth-order valence-electron chi connectivity index (χ4n) is 1.17. The molecule has 0 bridgehead atoms. The first kappa shape index (κ1) is 6.53. The van der Waals surface area contributed by atoms with E-state index in [1.807, 2.05) is 7.05 Å². The van der Waals surface area contributed by atoms with E-state index >= 15 is 0 Å². The molecule has 50 valence electrons. The highest BCUT2D eigenvalue weighted by Crippen LogP contribution is 2.11. The van der Waals surface area contributed by atoms with Gasteiger partial charge in [0.15, 0.2) is 0 Å². The Labute approximate surface area is 55.1 Å². The molecule has 2 N–H and O–H groups in total. The van der Waals surface area contributed by atoms with Crippen molar-refractivity contribution in [3.8, 4) is 6.07 Å². The van der Waals surface area contributed by atoms with E-state index in [4.69, 9.17) is 11.0 Å². The molecule has 9 heavy (non-hydrogen) atoms. The van der Waals surface area contributed by atoms with Crippen LogP contribution in [0.15, 0.2) is 0 Å². The molecule has 3 heteroatoms. The minimum absolute atomic E-state index is 0.0509. The van der Waals surface area contributed by atoms with Gasteiger partial charge >= 0.3 is 0 Å². The molecular formula is C6H11N3. The molecule has 0 radical (unpaired) electrons. The monoisotopic (exact) mass is 125 g/mol. The molecule has 0 aromatic rings. The molecule has 3 nitrogen and oxygen atoms in total. The molecule has 1 aliphatic heterocycles. The van der Waals surface area contributed by atoms with Crippen LogP contribution in [0, 0.1) is 17.2 Å². The van der Waals surface area contributed by atoms with Gasteiger partial charge < -0.3 is 10.6 Å². The first-order valence-corrected chi connectivity index (χ1v) is 3.08. The third-order valence-electron chi connectivity index (χ3n) is 1.71. The highest BCUT2D eigenvalue weighted by Gasteiger charge is 2.26. The van der Waals surface area contributed by atoms with Gasteiger partial charge in [-0.05, 0) is 7.05 Å². The van der Waals surface area contributed by atoms with E-state index in [0.29, 0.717) is 0 Å². The van der Waals surface area contributed by atoms with Gasteiger partial charge in [0.25, 0.3) is 0 Å². The van der Waals surface area contributed by atoms with E-state index in [1.54, 1.807) is 0 Å². The second-order valence-electron chi connectivity index (χ2n) is 2.62. The van der Waals surface area contributed by atoms with Crippen molar-refractivity contribution in [3.63, 3.8) is 0 Å². The summed E-state index contributed by atoms with van der Waals surface area (Å²) in [5, 5.41) is 8.50. The van der Waals surface area contributed by atoms with Crippen LogP contribution < -0.4 is 5.73 Å². The van der Waals surface area contributed by atoms with E-state index in [0.717, 1.165) is 13.1 Å².